The number of Topliss-reactive ketones (excluding diaryl/α,β-unsaturated/α-hetero) is 1. The van der Waals surface area contributed by atoms with Crippen molar-refractivity contribution in [3.05, 3.63) is 105 Å². The average Bonchev–Trinajstić information content (AvgIpc) is 3.53. The number of benzene rings is 3. The van der Waals surface area contributed by atoms with Crippen LogP contribution in [0.5, 0.6) is 0 Å². The molecule has 3 aromatic carbocycles. The van der Waals surface area contributed by atoms with Crippen LogP contribution in [0.1, 0.15) is 38.5 Å². The number of fused-ring (bicyclic) bond motifs is 4. The molecule has 0 aromatic heterocycles. The first-order valence-corrected chi connectivity index (χ1v) is 13.1. The van der Waals surface area contributed by atoms with Crippen molar-refractivity contribution in [3.63, 3.8) is 0 Å². The Bertz CT molecular complexity index is 1410. The highest BCUT2D eigenvalue weighted by molar-refractivity contribution is 7.99. The summed E-state index contributed by atoms with van der Waals surface area (Å²) < 4.78 is 0. The molecular weight excluding hydrogens is 474 g/mol. The standard InChI is InChI=1S/C28H25N3O4S/c1-16-12-17(2)25-21(13-16)28(27(33)29-25)24(26(32)19-6-4-3-5-7-19)23(22-14-36-15-30(22)28)18-8-10-20(11-9-18)31(34)35/h3-13,22-24H,14-15H2,1-2H3,(H,29,33)/t22-,23-,24+,28-/m1/s1. The maximum absolute atomic E-state index is 14.4. The van der Waals surface area contributed by atoms with Crippen molar-refractivity contribution in [2.75, 3.05) is 16.9 Å². The van der Waals surface area contributed by atoms with Gasteiger partial charge in [0, 0.05) is 52.5 Å². The maximum atomic E-state index is 14.4. The first kappa shape index (κ1) is 22.9. The van der Waals surface area contributed by atoms with Gasteiger partial charge in [-0.3, -0.25) is 24.6 Å². The number of nitrogens with one attached hydrogen (secondary N) is 1. The quantitative estimate of drug-likeness (QED) is 0.308. The number of non-ortho nitro benzene ring substituents is 1. The minimum atomic E-state index is -1.15. The molecule has 1 amide bonds. The molecule has 0 saturated carbocycles. The number of carbonyl (C=O) groups is 2. The number of nitro groups is 1. The molecule has 3 aliphatic heterocycles. The fourth-order valence-corrected chi connectivity index (χ4v) is 7.83. The summed E-state index contributed by atoms with van der Waals surface area (Å²) in [6, 6.07) is 19.7. The molecule has 0 bridgehead atoms. The predicted molar refractivity (Wildman–Crippen MR) is 139 cm³/mol. The van der Waals surface area contributed by atoms with Crippen LogP contribution in [0.2, 0.25) is 0 Å². The molecule has 0 unspecified atom stereocenters. The predicted octanol–water partition coefficient (Wildman–Crippen LogP) is 5.03. The van der Waals surface area contributed by atoms with E-state index in [1.54, 1.807) is 36.0 Å². The van der Waals surface area contributed by atoms with E-state index in [1.165, 1.54) is 12.1 Å². The van der Waals surface area contributed by atoms with Crippen LogP contribution in [-0.4, -0.2) is 39.2 Å². The summed E-state index contributed by atoms with van der Waals surface area (Å²) in [6.45, 7) is 3.99. The minimum Gasteiger partial charge on any atom is -0.324 e. The van der Waals surface area contributed by atoms with Gasteiger partial charge in [0.25, 0.3) is 5.69 Å². The molecule has 0 radical (unpaired) electrons. The van der Waals surface area contributed by atoms with Gasteiger partial charge in [0.2, 0.25) is 5.91 Å². The normalized spacial score (nSPS) is 26.6. The molecule has 2 saturated heterocycles. The zero-order valence-electron chi connectivity index (χ0n) is 19.9. The number of anilines is 1. The first-order chi connectivity index (χ1) is 17.3. The zero-order valence-corrected chi connectivity index (χ0v) is 20.7. The molecule has 7 nitrogen and oxygen atoms in total. The maximum Gasteiger partial charge on any atom is 0.269 e. The fraction of sp³-hybridized carbons (Fsp3) is 0.286. The highest BCUT2D eigenvalue weighted by Gasteiger charge is 2.69. The third-order valence-corrected chi connectivity index (χ3v) is 8.94. The van der Waals surface area contributed by atoms with Crippen LogP contribution in [0.15, 0.2) is 66.7 Å². The average molecular weight is 500 g/mol. The summed E-state index contributed by atoms with van der Waals surface area (Å²) in [4.78, 5) is 41.6. The van der Waals surface area contributed by atoms with Gasteiger partial charge < -0.3 is 5.32 Å². The molecule has 3 aromatic rings. The second kappa shape index (κ2) is 8.28. The highest BCUT2D eigenvalue weighted by Crippen LogP contribution is 2.61. The van der Waals surface area contributed by atoms with Crippen molar-refractivity contribution in [2.24, 2.45) is 5.92 Å². The van der Waals surface area contributed by atoms with Crippen LogP contribution in [0.3, 0.4) is 0 Å². The summed E-state index contributed by atoms with van der Waals surface area (Å²) in [5, 5.41) is 14.4. The lowest BCUT2D eigenvalue weighted by Crippen LogP contribution is -2.52. The summed E-state index contributed by atoms with van der Waals surface area (Å²) in [6.07, 6.45) is 0. The van der Waals surface area contributed by atoms with Gasteiger partial charge in [0.15, 0.2) is 5.78 Å². The minimum absolute atomic E-state index is 0.00486. The van der Waals surface area contributed by atoms with Crippen molar-refractivity contribution >= 4 is 34.8 Å². The van der Waals surface area contributed by atoms with E-state index in [9.17, 15) is 19.7 Å². The Labute approximate surface area is 213 Å². The van der Waals surface area contributed by atoms with E-state index in [0.29, 0.717) is 11.4 Å². The number of amides is 1. The number of thioether (sulfide) groups is 1. The summed E-state index contributed by atoms with van der Waals surface area (Å²) in [7, 11) is 0. The van der Waals surface area contributed by atoms with Crippen molar-refractivity contribution in [3.8, 4) is 0 Å². The van der Waals surface area contributed by atoms with Crippen LogP contribution in [0, 0.1) is 29.9 Å². The lowest BCUT2D eigenvalue weighted by Gasteiger charge is -2.36. The highest BCUT2D eigenvalue weighted by atomic mass is 32.2. The summed E-state index contributed by atoms with van der Waals surface area (Å²) in [5.74, 6) is 0.167. The zero-order chi connectivity index (χ0) is 25.2. The van der Waals surface area contributed by atoms with E-state index in [2.05, 4.69) is 10.2 Å². The molecule has 1 spiro atoms. The van der Waals surface area contributed by atoms with Gasteiger partial charge in [-0.15, -0.1) is 11.8 Å². The van der Waals surface area contributed by atoms with Gasteiger partial charge in [0.05, 0.1) is 10.8 Å². The molecular formula is C28H25N3O4S. The van der Waals surface area contributed by atoms with E-state index < -0.39 is 16.4 Å². The summed E-state index contributed by atoms with van der Waals surface area (Å²) in [5.41, 5.74) is 3.92. The molecule has 182 valence electrons. The molecule has 6 rings (SSSR count). The Morgan fingerprint density at radius 1 is 1.11 bits per heavy atom. The molecule has 3 aliphatic rings. The Hall–Kier alpha value is -3.49. The second-order valence-electron chi connectivity index (χ2n) is 9.84. The number of nitro benzene ring substituents is 1. The van der Waals surface area contributed by atoms with Gasteiger partial charge in [-0.1, -0.05) is 60.2 Å². The van der Waals surface area contributed by atoms with Crippen molar-refractivity contribution in [1.82, 2.24) is 4.90 Å². The van der Waals surface area contributed by atoms with Crippen LogP contribution in [-0.2, 0) is 10.3 Å². The van der Waals surface area contributed by atoms with Gasteiger partial charge in [-0.25, -0.2) is 0 Å². The Kier molecular flexibility index (Phi) is 5.28. The number of ketones is 1. The lowest BCUT2D eigenvalue weighted by atomic mass is 9.69. The molecule has 0 aliphatic carbocycles. The fourth-order valence-electron chi connectivity index (χ4n) is 6.51. The smallest absolute Gasteiger partial charge is 0.269 e. The SMILES string of the molecule is Cc1cc(C)c2c(c1)[C@]1(C(=O)N2)[C@H](C(=O)c2ccccc2)[C@H](c2ccc([N+](=O)[O-])cc2)[C@H]2CSCN21. The Balaban J connectivity index is 1.62. The lowest BCUT2D eigenvalue weighted by molar-refractivity contribution is -0.384. The van der Waals surface area contributed by atoms with Crippen LogP contribution in [0.25, 0.3) is 0 Å². The molecule has 3 heterocycles. The van der Waals surface area contributed by atoms with Crippen LogP contribution in [0.4, 0.5) is 11.4 Å². The summed E-state index contributed by atoms with van der Waals surface area (Å²) >= 11 is 1.75. The Morgan fingerprint density at radius 2 is 1.83 bits per heavy atom. The van der Waals surface area contributed by atoms with Crippen molar-refractivity contribution in [2.45, 2.75) is 31.3 Å². The molecule has 4 atom stereocenters. The largest absolute Gasteiger partial charge is 0.324 e. The number of nitrogens with zero attached hydrogens (tertiary/aromatic N) is 2. The van der Waals surface area contributed by atoms with Gasteiger partial charge in [-0.2, -0.15) is 0 Å². The molecule has 2 fully saturated rings. The van der Waals surface area contributed by atoms with Crippen LogP contribution < -0.4 is 5.32 Å². The van der Waals surface area contributed by atoms with E-state index in [4.69, 9.17) is 0 Å². The number of hydrogen-bond acceptors (Lipinski definition) is 6. The molecule has 8 heteroatoms. The monoisotopic (exact) mass is 499 g/mol. The van der Waals surface area contributed by atoms with Crippen LogP contribution >= 0.6 is 11.8 Å². The topological polar surface area (TPSA) is 92.5 Å². The number of hydrogen-bond donors (Lipinski definition) is 1. The van der Waals surface area contributed by atoms with Crippen molar-refractivity contribution in [1.29, 1.82) is 0 Å². The number of rotatable bonds is 4. The third kappa shape index (κ3) is 3.10. The van der Waals surface area contributed by atoms with E-state index >= 15 is 0 Å². The van der Waals surface area contributed by atoms with Gasteiger partial charge in [-0.05, 0) is 25.0 Å². The third-order valence-electron chi connectivity index (χ3n) is 7.90. The van der Waals surface area contributed by atoms with Gasteiger partial charge >= 0.3 is 0 Å². The number of carbonyl (C=O) groups excluding carboxylic acids is 2. The van der Waals surface area contributed by atoms with Crippen molar-refractivity contribution < 1.29 is 14.5 Å². The second-order valence-corrected chi connectivity index (χ2v) is 10.8. The molecule has 36 heavy (non-hydrogen) atoms. The van der Waals surface area contributed by atoms with Gasteiger partial charge in [0.1, 0.15) is 5.54 Å². The Morgan fingerprint density at radius 3 is 2.53 bits per heavy atom. The van der Waals surface area contributed by atoms with E-state index in [1.807, 2.05) is 44.2 Å². The van der Waals surface area contributed by atoms with E-state index in [0.717, 1.165) is 33.7 Å². The van der Waals surface area contributed by atoms with E-state index in [-0.39, 0.29) is 29.3 Å². The first-order valence-electron chi connectivity index (χ1n) is 12.0. The number of aryl methyl sites for hydroxylation is 2. The molecule has 1 N–H and O–H groups in total.